The van der Waals surface area contributed by atoms with Crippen LogP contribution in [0.2, 0.25) is 0 Å². The second kappa shape index (κ2) is 11.2. The second-order valence-corrected chi connectivity index (χ2v) is 9.62. The third-order valence-electron chi connectivity index (χ3n) is 5.46. The zero-order valence-electron chi connectivity index (χ0n) is 17.9. The van der Waals surface area contributed by atoms with Crippen LogP contribution in [0.5, 0.6) is 0 Å². The highest BCUT2D eigenvalue weighted by Crippen LogP contribution is 2.28. The first-order valence-corrected chi connectivity index (χ1v) is 12.7. The highest BCUT2D eigenvalue weighted by Gasteiger charge is 2.21. The third-order valence-corrected chi connectivity index (χ3v) is 7.64. The van der Waals surface area contributed by atoms with Crippen molar-refractivity contribution in [2.24, 2.45) is 0 Å². The SMILES string of the molecule is O=C(NCCC(=O)N1CCN(c2ccccc2)CC1)c1ccccc1SCc1cccs1. The highest BCUT2D eigenvalue weighted by atomic mass is 32.2. The van der Waals surface area contributed by atoms with E-state index >= 15 is 0 Å². The van der Waals surface area contributed by atoms with Gasteiger partial charge in [0.15, 0.2) is 0 Å². The number of hydrogen-bond donors (Lipinski definition) is 1. The van der Waals surface area contributed by atoms with Gasteiger partial charge in [-0.3, -0.25) is 9.59 Å². The zero-order valence-corrected chi connectivity index (χ0v) is 19.5. The van der Waals surface area contributed by atoms with Crippen LogP contribution in [0.3, 0.4) is 0 Å². The lowest BCUT2D eigenvalue weighted by Gasteiger charge is -2.36. The van der Waals surface area contributed by atoms with Gasteiger partial charge in [-0.1, -0.05) is 36.4 Å². The van der Waals surface area contributed by atoms with Gasteiger partial charge in [0, 0.05) is 60.4 Å². The maximum atomic E-state index is 12.7. The van der Waals surface area contributed by atoms with Crippen LogP contribution in [0.25, 0.3) is 0 Å². The van der Waals surface area contributed by atoms with E-state index < -0.39 is 0 Å². The summed E-state index contributed by atoms with van der Waals surface area (Å²) in [6, 6.07) is 22.1. The van der Waals surface area contributed by atoms with Gasteiger partial charge in [-0.05, 0) is 35.7 Å². The van der Waals surface area contributed by atoms with Crippen molar-refractivity contribution < 1.29 is 9.59 Å². The number of carbonyl (C=O) groups excluding carboxylic acids is 2. The summed E-state index contributed by atoms with van der Waals surface area (Å²) in [7, 11) is 0. The molecule has 7 heteroatoms. The van der Waals surface area contributed by atoms with Crippen molar-refractivity contribution in [1.29, 1.82) is 0 Å². The summed E-state index contributed by atoms with van der Waals surface area (Å²) in [4.78, 5) is 31.8. The summed E-state index contributed by atoms with van der Waals surface area (Å²) in [5.41, 5.74) is 1.86. The smallest absolute Gasteiger partial charge is 0.252 e. The number of nitrogens with one attached hydrogen (secondary N) is 1. The number of piperazine rings is 1. The molecule has 1 saturated heterocycles. The molecule has 0 spiro atoms. The molecule has 166 valence electrons. The summed E-state index contributed by atoms with van der Waals surface area (Å²) < 4.78 is 0. The quantitative estimate of drug-likeness (QED) is 0.498. The fourth-order valence-corrected chi connectivity index (χ4v) is 5.54. The fourth-order valence-electron chi connectivity index (χ4n) is 3.71. The Bertz CT molecular complexity index is 1020. The molecular weight excluding hydrogens is 438 g/mol. The Kier molecular flexibility index (Phi) is 7.85. The Labute approximate surface area is 197 Å². The minimum absolute atomic E-state index is 0.0957. The van der Waals surface area contributed by atoms with Crippen molar-refractivity contribution in [3.63, 3.8) is 0 Å². The summed E-state index contributed by atoms with van der Waals surface area (Å²) in [5.74, 6) is 0.814. The first-order valence-electron chi connectivity index (χ1n) is 10.8. The van der Waals surface area contributed by atoms with E-state index in [2.05, 4.69) is 33.8 Å². The number of para-hydroxylation sites is 1. The molecule has 1 aliphatic heterocycles. The molecule has 3 aromatic rings. The van der Waals surface area contributed by atoms with Crippen molar-refractivity contribution in [1.82, 2.24) is 10.2 Å². The maximum absolute atomic E-state index is 12.7. The van der Waals surface area contributed by atoms with Gasteiger partial charge in [-0.15, -0.1) is 23.1 Å². The van der Waals surface area contributed by atoms with E-state index in [0.717, 1.165) is 23.7 Å². The van der Waals surface area contributed by atoms with Crippen LogP contribution in [-0.2, 0) is 10.5 Å². The van der Waals surface area contributed by atoms with Gasteiger partial charge in [0.2, 0.25) is 5.91 Å². The van der Waals surface area contributed by atoms with E-state index in [4.69, 9.17) is 0 Å². The molecular formula is C25H27N3O2S2. The Morgan fingerprint density at radius 2 is 1.66 bits per heavy atom. The van der Waals surface area contributed by atoms with Crippen LogP contribution in [0.15, 0.2) is 77.0 Å². The monoisotopic (exact) mass is 465 g/mol. The van der Waals surface area contributed by atoms with Crippen LogP contribution in [0, 0.1) is 0 Å². The lowest BCUT2D eigenvalue weighted by molar-refractivity contribution is -0.131. The van der Waals surface area contributed by atoms with Crippen molar-refractivity contribution in [2.45, 2.75) is 17.1 Å². The van der Waals surface area contributed by atoms with Crippen LogP contribution in [0.4, 0.5) is 5.69 Å². The van der Waals surface area contributed by atoms with E-state index in [-0.39, 0.29) is 11.8 Å². The van der Waals surface area contributed by atoms with E-state index in [1.165, 1.54) is 10.6 Å². The van der Waals surface area contributed by atoms with Crippen LogP contribution < -0.4 is 10.2 Å². The van der Waals surface area contributed by atoms with Crippen molar-refractivity contribution >= 4 is 40.6 Å². The molecule has 0 unspecified atom stereocenters. The van der Waals surface area contributed by atoms with Crippen LogP contribution >= 0.6 is 23.1 Å². The normalized spacial score (nSPS) is 13.8. The molecule has 0 bridgehead atoms. The minimum Gasteiger partial charge on any atom is -0.368 e. The number of amides is 2. The number of anilines is 1. The Morgan fingerprint density at radius 1 is 0.906 bits per heavy atom. The van der Waals surface area contributed by atoms with Crippen molar-refractivity contribution in [3.05, 3.63) is 82.6 Å². The number of carbonyl (C=O) groups is 2. The number of nitrogens with zero attached hydrogens (tertiary/aromatic N) is 2. The molecule has 32 heavy (non-hydrogen) atoms. The first-order chi connectivity index (χ1) is 15.7. The van der Waals surface area contributed by atoms with E-state index in [9.17, 15) is 9.59 Å². The zero-order chi connectivity index (χ0) is 22.2. The summed E-state index contributed by atoms with van der Waals surface area (Å²) >= 11 is 3.38. The Morgan fingerprint density at radius 3 is 2.41 bits per heavy atom. The van der Waals surface area contributed by atoms with Crippen LogP contribution in [-0.4, -0.2) is 49.4 Å². The topological polar surface area (TPSA) is 52.7 Å². The van der Waals surface area contributed by atoms with Gasteiger partial charge in [0.05, 0.1) is 5.56 Å². The molecule has 1 fully saturated rings. The molecule has 5 nitrogen and oxygen atoms in total. The average molecular weight is 466 g/mol. The Hall–Kier alpha value is -2.77. The largest absolute Gasteiger partial charge is 0.368 e. The molecule has 2 amide bonds. The predicted octanol–water partition coefficient (Wildman–Crippen LogP) is 4.51. The molecule has 1 N–H and O–H groups in total. The van der Waals surface area contributed by atoms with Gasteiger partial charge in [0.1, 0.15) is 0 Å². The second-order valence-electron chi connectivity index (χ2n) is 7.57. The van der Waals surface area contributed by atoms with E-state index in [1.807, 2.05) is 53.4 Å². The lowest BCUT2D eigenvalue weighted by atomic mass is 10.2. The van der Waals surface area contributed by atoms with Gasteiger partial charge >= 0.3 is 0 Å². The standard InChI is InChI=1S/C25H27N3O2S2/c29-24(28-16-14-27(15-17-28)20-7-2-1-3-8-20)12-13-26-25(30)22-10-4-5-11-23(22)32-19-21-9-6-18-31-21/h1-11,18H,12-17,19H2,(H,26,30). The molecule has 0 atom stereocenters. The third kappa shape index (κ3) is 5.93. The fraction of sp³-hybridized carbons (Fsp3) is 0.280. The molecule has 1 aromatic heterocycles. The minimum atomic E-state index is -0.124. The lowest BCUT2D eigenvalue weighted by Crippen LogP contribution is -2.49. The molecule has 4 rings (SSSR count). The first kappa shape index (κ1) is 22.4. The van der Waals surface area contributed by atoms with E-state index in [0.29, 0.717) is 31.6 Å². The number of rotatable bonds is 8. The molecule has 0 saturated carbocycles. The maximum Gasteiger partial charge on any atom is 0.252 e. The van der Waals surface area contributed by atoms with Crippen LogP contribution in [0.1, 0.15) is 21.7 Å². The molecule has 1 aliphatic rings. The molecule has 0 radical (unpaired) electrons. The predicted molar refractivity (Wildman–Crippen MR) is 133 cm³/mol. The van der Waals surface area contributed by atoms with Crippen molar-refractivity contribution in [2.75, 3.05) is 37.6 Å². The van der Waals surface area contributed by atoms with Crippen molar-refractivity contribution in [3.8, 4) is 0 Å². The summed E-state index contributed by atoms with van der Waals surface area (Å²) in [6.45, 7) is 3.43. The molecule has 2 aromatic carbocycles. The molecule has 2 heterocycles. The highest BCUT2D eigenvalue weighted by molar-refractivity contribution is 7.98. The number of thioether (sulfide) groups is 1. The van der Waals surface area contributed by atoms with Gasteiger partial charge in [-0.25, -0.2) is 0 Å². The van der Waals surface area contributed by atoms with Gasteiger partial charge in [0.25, 0.3) is 5.91 Å². The Balaban J connectivity index is 1.22. The number of hydrogen-bond acceptors (Lipinski definition) is 5. The molecule has 0 aliphatic carbocycles. The summed E-state index contributed by atoms with van der Waals surface area (Å²) in [5, 5.41) is 4.99. The number of thiophene rings is 1. The van der Waals surface area contributed by atoms with Gasteiger partial charge < -0.3 is 15.1 Å². The van der Waals surface area contributed by atoms with E-state index in [1.54, 1.807) is 23.1 Å². The van der Waals surface area contributed by atoms with Gasteiger partial charge in [-0.2, -0.15) is 0 Å². The number of benzene rings is 2. The average Bonchev–Trinajstić information content (AvgIpc) is 3.37. The summed E-state index contributed by atoms with van der Waals surface area (Å²) in [6.07, 6.45) is 0.321.